The molecule has 1 aromatic carbocycles. The zero-order chi connectivity index (χ0) is 11.4. The summed E-state index contributed by atoms with van der Waals surface area (Å²) in [5.74, 6) is 1.72. The van der Waals surface area contributed by atoms with Crippen molar-refractivity contribution in [2.75, 3.05) is 6.61 Å². The van der Waals surface area contributed by atoms with Crippen LogP contribution in [0.3, 0.4) is 0 Å². The Morgan fingerprint density at radius 3 is 2.88 bits per heavy atom. The van der Waals surface area contributed by atoms with Gasteiger partial charge in [0.1, 0.15) is 12.4 Å². The van der Waals surface area contributed by atoms with Gasteiger partial charge in [-0.3, -0.25) is 5.10 Å². The van der Waals surface area contributed by atoms with E-state index in [0.29, 0.717) is 18.3 Å². The van der Waals surface area contributed by atoms with Gasteiger partial charge in [-0.25, -0.2) is 4.98 Å². The Balaban J connectivity index is 2.38. The smallest absolute Gasteiger partial charge is 0.184 e. The van der Waals surface area contributed by atoms with Crippen molar-refractivity contribution in [3.63, 3.8) is 0 Å². The first-order valence-corrected chi connectivity index (χ1v) is 5.09. The van der Waals surface area contributed by atoms with Crippen molar-refractivity contribution >= 4 is 0 Å². The molecule has 0 unspecified atom stereocenters. The number of aliphatic hydroxyl groups excluding tert-OH is 1. The van der Waals surface area contributed by atoms with Crippen molar-refractivity contribution in [3.05, 3.63) is 30.1 Å². The fourth-order valence-electron chi connectivity index (χ4n) is 1.42. The van der Waals surface area contributed by atoms with E-state index in [2.05, 4.69) is 15.2 Å². The number of nitrogens with one attached hydrogen (secondary N) is 1. The molecule has 84 valence electrons. The molecule has 0 bridgehead atoms. The molecule has 0 amide bonds. The molecular formula is C11H13N3O2. The molecule has 0 aliphatic heterocycles. The molecule has 0 atom stereocenters. The summed E-state index contributed by atoms with van der Waals surface area (Å²) in [6.07, 6.45) is 0. The first-order valence-electron chi connectivity index (χ1n) is 5.09. The van der Waals surface area contributed by atoms with Crippen molar-refractivity contribution in [1.29, 1.82) is 0 Å². The molecule has 2 rings (SSSR count). The molecule has 2 aromatic rings. The predicted octanol–water partition coefficient (Wildman–Crippen LogP) is 1.36. The molecule has 0 aliphatic rings. The maximum absolute atomic E-state index is 8.91. The van der Waals surface area contributed by atoms with Crippen LogP contribution in [0, 0.1) is 0 Å². The number of aromatic amines is 1. The van der Waals surface area contributed by atoms with E-state index >= 15 is 0 Å². The van der Waals surface area contributed by atoms with Crippen molar-refractivity contribution in [3.8, 4) is 17.1 Å². The lowest BCUT2D eigenvalue weighted by Gasteiger charge is -2.06. The molecule has 5 nitrogen and oxygen atoms in total. The van der Waals surface area contributed by atoms with Gasteiger partial charge in [0.25, 0.3) is 0 Å². The Morgan fingerprint density at radius 2 is 2.19 bits per heavy atom. The van der Waals surface area contributed by atoms with E-state index in [0.717, 1.165) is 11.3 Å². The SMILES string of the molecule is CCOc1ccccc1-c1n[nH]c(CO)n1. The lowest BCUT2D eigenvalue weighted by molar-refractivity contribution is 0.272. The number of hydrogen-bond donors (Lipinski definition) is 2. The molecule has 0 saturated carbocycles. The monoisotopic (exact) mass is 219 g/mol. The van der Waals surface area contributed by atoms with E-state index in [1.807, 2.05) is 31.2 Å². The van der Waals surface area contributed by atoms with Crippen molar-refractivity contribution < 1.29 is 9.84 Å². The Morgan fingerprint density at radius 1 is 1.38 bits per heavy atom. The number of hydrogen-bond acceptors (Lipinski definition) is 4. The quantitative estimate of drug-likeness (QED) is 0.814. The minimum atomic E-state index is -0.149. The molecule has 16 heavy (non-hydrogen) atoms. The molecular weight excluding hydrogens is 206 g/mol. The Bertz CT molecular complexity index is 468. The van der Waals surface area contributed by atoms with Crippen LogP contribution >= 0.6 is 0 Å². The minimum absolute atomic E-state index is 0.149. The summed E-state index contributed by atoms with van der Waals surface area (Å²) < 4.78 is 5.48. The molecule has 0 saturated heterocycles. The second-order valence-electron chi connectivity index (χ2n) is 3.19. The van der Waals surface area contributed by atoms with E-state index in [-0.39, 0.29) is 6.61 Å². The van der Waals surface area contributed by atoms with Crippen LogP contribution in [-0.4, -0.2) is 26.9 Å². The number of nitrogens with zero attached hydrogens (tertiary/aromatic N) is 2. The fraction of sp³-hybridized carbons (Fsp3) is 0.273. The zero-order valence-corrected chi connectivity index (χ0v) is 8.97. The predicted molar refractivity (Wildman–Crippen MR) is 58.9 cm³/mol. The third-order valence-corrected chi connectivity index (χ3v) is 2.11. The Kier molecular flexibility index (Phi) is 3.16. The van der Waals surface area contributed by atoms with Crippen LogP contribution in [0.2, 0.25) is 0 Å². The standard InChI is InChI=1S/C11H13N3O2/c1-2-16-9-6-4-3-5-8(9)11-12-10(7-15)13-14-11/h3-6,15H,2,7H2,1H3,(H,12,13,14). The van der Waals surface area contributed by atoms with Gasteiger partial charge in [0.05, 0.1) is 12.2 Å². The molecule has 0 spiro atoms. The number of H-pyrrole nitrogens is 1. The van der Waals surface area contributed by atoms with Gasteiger partial charge in [-0.1, -0.05) is 12.1 Å². The van der Waals surface area contributed by atoms with Gasteiger partial charge in [0.2, 0.25) is 0 Å². The van der Waals surface area contributed by atoms with E-state index in [1.54, 1.807) is 0 Å². The third-order valence-electron chi connectivity index (χ3n) is 2.11. The second-order valence-corrected chi connectivity index (χ2v) is 3.19. The van der Waals surface area contributed by atoms with Crippen LogP contribution in [0.15, 0.2) is 24.3 Å². The van der Waals surface area contributed by atoms with Gasteiger partial charge in [0.15, 0.2) is 11.6 Å². The van der Waals surface area contributed by atoms with Gasteiger partial charge in [0, 0.05) is 0 Å². The maximum atomic E-state index is 8.91. The molecule has 5 heteroatoms. The van der Waals surface area contributed by atoms with Crippen LogP contribution in [0.25, 0.3) is 11.4 Å². The zero-order valence-electron chi connectivity index (χ0n) is 8.97. The number of ether oxygens (including phenoxy) is 1. The van der Waals surface area contributed by atoms with Gasteiger partial charge in [-0.15, -0.1) is 0 Å². The molecule has 1 aromatic heterocycles. The number of aromatic nitrogens is 3. The number of rotatable bonds is 4. The van der Waals surface area contributed by atoms with Crippen LogP contribution < -0.4 is 4.74 Å². The summed E-state index contributed by atoms with van der Waals surface area (Å²) in [6.45, 7) is 2.37. The van der Waals surface area contributed by atoms with Crippen LogP contribution in [-0.2, 0) is 6.61 Å². The van der Waals surface area contributed by atoms with Gasteiger partial charge in [-0.2, -0.15) is 5.10 Å². The summed E-state index contributed by atoms with van der Waals surface area (Å²) in [7, 11) is 0. The maximum Gasteiger partial charge on any atom is 0.184 e. The average molecular weight is 219 g/mol. The summed E-state index contributed by atoms with van der Waals surface area (Å²) in [6, 6.07) is 7.55. The van der Waals surface area contributed by atoms with Crippen molar-refractivity contribution in [2.45, 2.75) is 13.5 Å². The number of benzene rings is 1. The third kappa shape index (κ3) is 2.04. The van der Waals surface area contributed by atoms with Gasteiger partial charge < -0.3 is 9.84 Å². The van der Waals surface area contributed by atoms with Crippen LogP contribution in [0.4, 0.5) is 0 Å². The summed E-state index contributed by atoms with van der Waals surface area (Å²) in [5.41, 5.74) is 0.820. The highest BCUT2D eigenvalue weighted by Crippen LogP contribution is 2.26. The molecule has 1 heterocycles. The summed E-state index contributed by atoms with van der Waals surface area (Å²) in [4.78, 5) is 4.15. The van der Waals surface area contributed by atoms with E-state index in [9.17, 15) is 0 Å². The molecule has 0 radical (unpaired) electrons. The first kappa shape index (κ1) is 10.6. The molecule has 0 fully saturated rings. The lowest BCUT2D eigenvalue weighted by atomic mass is 10.2. The van der Waals surface area contributed by atoms with Crippen LogP contribution in [0.5, 0.6) is 5.75 Å². The Labute approximate surface area is 93.1 Å². The highest BCUT2D eigenvalue weighted by atomic mass is 16.5. The molecule has 2 N–H and O–H groups in total. The average Bonchev–Trinajstić information content (AvgIpc) is 2.79. The minimum Gasteiger partial charge on any atom is -0.493 e. The Hall–Kier alpha value is -1.88. The van der Waals surface area contributed by atoms with E-state index < -0.39 is 0 Å². The fourth-order valence-corrected chi connectivity index (χ4v) is 1.42. The highest BCUT2D eigenvalue weighted by Gasteiger charge is 2.10. The van der Waals surface area contributed by atoms with Crippen molar-refractivity contribution in [2.24, 2.45) is 0 Å². The first-order chi connectivity index (χ1) is 7.85. The second kappa shape index (κ2) is 4.76. The number of aliphatic hydroxyl groups is 1. The lowest BCUT2D eigenvalue weighted by Crippen LogP contribution is -1.94. The number of para-hydroxylation sites is 1. The van der Waals surface area contributed by atoms with Gasteiger partial charge >= 0.3 is 0 Å². The molecule has 0 aliphatic carbocycles. The largest absolute Gasteiger partial charge is 0.493 e. The summed E-state index contributed by atoms with van der Waals surface area (Å²) >= 11 is 0. The topological polar surface area (TPSA) is 71.0 Å². The summed E-state index contributed by atoms with van der Waals surface area (Å²) in [5, 5.41) is 15.6. The van der Waals surface area contributed by atoms with E-state index in [1.165, 1.54) is 0 Å². The van der Waals surface area contributed by atoms with Crippen LogP contribution in [0.1, 0.15) is 12.7 Å². The van der Waals surface area contributed by atoms with Crippen molar-refractivity contribution in [1.82, 2.24) is 15.2 Å². The van der Waals surface area contributed by atoms with E-state index in [4.69, 9.17) is 9.84 Å². The highest BCUT2D eigenvalue weighted by molar-refractivity contribution is 5.63. The normalized spacial score (nSPS) is 10.4. The van der Waals surface area contributed by atoms with Gasteiger partial charge in [-0.05, 0) is 19.1 Å².